The van der Waals surface area contributed by atoms with Crippen LogP contribution in [0.2, 0.25) is 5.02 Å². The van der Waals surface area contributed by atoms with E-state index in [1.54, 1.807) is 6.07 Å². The number of allylic oxidation sites excluding steroid dienone is 2. The number of hydrogen-bond donors (Lipinski definition) is 0. The Balaban J connectivity index is 1.63. The van der Waals surface area contributed by atoms with Gasteiger partial charge in [0, 0.05) is 16.1 Å². The highest BCUT2D eigenvalue weighted by Crippen LogP contribution is 2.77. The molecule has 2 aromatic carbocycles. The molecule has 0 N–H and O–H groups in total. The first-order chi connectivity index (χ1) is 16.8. The van der Waals surface area contributed by atoms with E-state index in [1.165, 1.54) is 42.5 Å². The summed E-state index contributed by atoms with van der Waals surface area (Å²) in [6.07, 6.45) is 0. The van der Waals surface area contributed by atoms with Crippen LogP contribution in [0.5, 0.6) is 0 Å². The van der Waals surface area contributed by atoms with Crippen molar-refractivity contribution in [3.63, 3.8) is 0 Å². The third-order valence-electron chi connectivity index (χ3n) is 6.73. The minimum absolute atomic E-state index is 0.0415. The molecule has 36 heavy (non-hydrogen) atoms. The summed E-state index contributed by atoms with van der Waals surface area (Å²) in [7, 11) is 0. The van der Waals surface area contributed by atoms with Crippen molar-refractivity contribution in [1.29, 1.82) is 0 Å². The molecule has 2 fully saturated rings. The maximum absolute atomic E-state index is 14.6. The molecule has 3 aliphatic rings. The van der Waals surface area contributed by atoms with Crippen LogP contribution in [0.1, 0.15) is 15.9 Å². The summed E-state index contributed by atoms with van der Waals surface area (Å²) in [5.74, 6) is -6.21. The molecule has 1 heterocycles. The average molecular weight is 632 g/mol. The highest BCUT2D eigenvalue weighted by molar-refractivity contribution is 6.66. The van der Waals surface area contributed by atoms with Gasteiger partial charge in [-0.2, -0.15) is 5.01 Å². The summed E-state index contributed by atoms with van der Waals surface area (Å²) in [6, 6.07) is 11.3. The Hall–Kier alpha value is -1.25. The number of carbonyl (C=O) groups is 3. The summed E-state index contributed by atoms with van der Waals surface area (Å²) in [6.45, 7) is -0.475. The van der Waals surface area contributed by atoms with Crippen LogP contribution in [0, 0.1) is 17.7 Å². The van der Waals surface area contributed by atoms with Gasteiger partial charge in [0.15, 0.2) is 4.33 Å². The van der Waals surface area contributed by atoms with Gasteiger partial charge < -0.3 is 0 Å². The first-order valence-electron chi connectivity index (χ1n) is 10.3. The predicted octanol–water partition coefficient (Wildman–Crippen LogP) is 6.48. The Kier molecular flexibility index (Phi) is 6.32. The standard InChI is InChI=1S/C23H12Cl7FN2O3/c24-12-7-5-10(6-8-12)18(34)32(9-11-3-1-2-4-13(11)31)33-19(35)14-15(20(33)36)22(28)17(26)16(25)21(14,27)23(22,29)30/h1-8,14-15H,9H2/t14-,15-,21-,22-/m1/s1. The van der Waals surface area contributed by atoms with Gasteiger partial charge >= 0.3 is 0 Å². The lowest BCUT2D eigenvalue weighted by Crippen LogP contribution is -2.55. The second-order valence-electron chi connectivity index (χ2n) is 8.53. The van der Waals surface area contributed by atoms with Crippen LogP contribution < -0.4 is 0 Å². The van der Waals surface area contributed by atoms with Crippen LogP contribution in [-0.4, -0.2) is 41.8 Å². The minimum atomic E-state index is -2.12. The van der Waals surface area contributed by atoms with Crippen molar-refractivity contribution in [2.24, 2.45) is 11.8 Å². The third kappa shape index (κ3) is 3.19. The summed E-state index contributed by atoms with van der Waals surface area (Å²) >= 11 is 45.1. The summed E-state index contributed by atoms with van der Waals surface area (Å²) < 4.78 is 12.5. The number of benzene rings is 2. The Morgan fingerprint density at radius 3 is 1.86 bits per heavy atom. The first kappa shape index (κ1) is 26.4. The lowest BCUT2D eigenvalue weighted by molar-refractivity contribution is -0.156. The van der Waals surface area contributed by atoms with Gasteiger partial charge in [0.05, 0.1) is 28.4 Å². The molecule has 5 rings (SSSR count). The molecule has 2 aromatic rings. The van der Waals surface area contributed by atoms with Gasteiger partial charge in [-0.15, -0.1) is 23.2 Å². The quantitative estimate of drug-likeness (QED) is 0.287. The van der Waals surface area contributed by atoms with Crippen molar-refractivity contribution in [2.45, 2.75) is 20.6 Å². The lowest BCUT2D eigenvalue weighted by atomic mass is 9.84. The van der Waals surface area contributed by atoms with Gasteiger partial charge in [-0.1, -0.05) is 76.2 Å². The molecule has 188 valence electrons. The van der Waals surface area contributed by atoms with Crippen LogP contribution in [0.4, 0.5) is 4.39 Å². The number of halogens is 8. The van der Waals surface area contributed by atoms with Gasteiger partial charge in [0.25, 0.3) is 17.7 Å². The lowest BCUT2D eigenvalue weighted by Gasteiger charge is -2.37. The van der Waals surface area contributed by atoms with Gasteiger partial charge in [-0.05, 0) is 30.3 Å². The topological polar surface area (TPSA) is 57.7 Å². The maximum atomic E-state index is 14.6. The number of rotatable bonds is 4. The molecule has 2 bridgehead atoms. The maximum Gasteiger partial charge on any atom is 0.273 e. The molecule has 13 heteroatoms. The zero-order valence-corrected chi connectivity index (χ0v) is 22.9. The van der Waals surface area contributed by atoms with Crippen molar-refractivity contribution in [3.05, 3.63) is 80.6 Å². The Bertz CT molecular complexity index is 1320. The Morgan fingerprint density at radius 2 is 1.36 bits per heavy atom. The average Bonchev–Trinajstić information content (AvgIpc) is 3.22. The van der Waals surface area contributed by atoms with Gasteiger partial charge in [0.1, 0.15) is 15.6 Å². The molecule has 4 atom stereocenters. The van der Waals surface area contributed by atoms with E-state index in [1.807, 2.05) is 0 Å². The normalized spacial score (nSPS) is 30.3. The molecular weight excluding hydrogens is 619 g/mol. The Morgan fingerprint density at radius 1 is 0.861 bits per heavy atom. The predicted molar refractivity (Wildman–Crippen MR) is 137 cm³/mol. The number of fused-ring (bicyclic) bond motifs is 5. The highest BCUT2D eigenvalue weighted by atomic mass is 35.5. The number of imide groups is 1. The Labute approximate surface area is 239 Å². The minimum Gasteiger partial charge on any atom is -0.272 e. The van der Waals surface area contributed by atoms with Gasteiger partial charge in [-0.25, -0.2) is 9.40 Å². The fraction of sp³-hybridized carbons (Fsp3) is 0.261. The van der Waals surface area contributed by atoms with Crippen molar-refractivity contribution in [1.82, 2.24) is 10.0 Å². The number of nitrogens with zero attached hydrogens (tertiary/aromatic N) is 2. The van der Waals surface area contributed by atoms with Crippen LogP contribution in [0.3, 0.4) is 0 Å². The van der Waals surface area contributed by atoms with E-state index in [0.29, 0.717) is 10.0 Å². The van der Waals surface area contributed by atoms with Crippen molar-refractivity contribution in [3.8, 4) is 0 Å². The molecule has 0 unspecified atom stereocenters. The van der Waals surface area contributed by atoms with Crippen LogP contribution in [0.15, 0.2) is 58.6 Å². The smallest absolute Gasteiger partial charge is 0.272 e. The van der Waals surface area contributed by atoms with E-state index in [4.69, 9.17) is 81.2 Å². The molecule has 1 saturated heterocycles. The van der Waals surface area contributed by atoms with Crippen LogP contribution >= 0.6 is 81.2 Å². The number of hydrazine groups is 1. The van der Waals surface area contributed by atoms with E-state index in [-0.39, 0.29) is 21.2 Å². The van der Waals surface area contributed by atoms with E-state index in [0.717, 1.165) is 5.01 Å². The first-order valence-corrected chi connectivity index (χ1v) is 12.9. The number of carbonyl (C=O) groups excluding carboxylic acids is 3. The zero-order chi connectivity index (χ0) is 26.4. The van der Waals surface area contributed by atoms with E-state index in [9.17, 15) is 18.8 Å². The fourth-order valence-corrected chi connectivity index (χ4v) is 8.04. The van der Waals surface area contributed by atoms with Crippen molar-refractivity contribution in [2.75, 3.05) is 0 Å². The monoisotopic (exact) mass is 628 g/mol. The van der Waals surface area contributed by atoms with E-state index >= 15 is 0 Å². The van der Waals surface area contributed by atoms with E-state index < -0.39 is 56.0 Å². The SMILES string of the molecule is O=C(c1ccc(Cl)cc1)N(Cc1ccccc1F)N1C(=O)[C@H]2[C@H](C1=O)[C@@]1(Cl)C(Cl)=C(Cl)[C@@]2(Cl)C1(Cl)Cl. The van der Waals surface area contributed by atoms with Crippen molar-refractivity contribution < 1.29 is 18.8 Å². The molecule has 3 amide bonds. The van der Waals surface area contributed by atoms with Crippen LogP contribution in [0.25, 0.3) is 0 Å². The van der Waals surface area contributed by atoms with Crippen molar-refractivity contribution >= 4 is 98.9 Å². The third-order valence-corrected chi connectivity index (χ3v) is 11.2. The highest BCUT2D eigenvalue weighted by Gasteiger charge is 2.88. The number of hydrogen-bond acceptors (Lipinski definition) is 3. The summed E-state index contributed by atoms with van der Waals surface area (Å²) in [5.41, 5.74) is 0.121. The molecule has 0 aromatic heterocycles. The summed E-state index contributed by atoms with van der Waals surface area (Å²) in [5, 5.41) is 1.24. The second kappa shape index (κ2) is 8.63. The van der Waals surface area contributed by atoms with Gasteiger partial charge in [0.2, 0.25) is 0 Å². The van der Waals surface area contributed by atoms with E-state index in [2.05, 4.69) is 0 Å². The molecule has 1 saturated carbocycles. The largest absolute Gasteiger partial charge is 0.273 e. The molecule has 2 aliphatic carbocycles. The summed E-state index contributed by atoms with van der Waals surface area (Å²) in [4.78, 5) is 37.1. The molecule has 0 spiro atoms. The second-order valence-corrected chi connectivity index (χ2v) is 12.2. The van der Waals surface area contributed by atoms with Crippen LogP contribution in [-0.2, 0) is 16.1 Å². The molecule has 0 radical (unpaired) electrons. The fourth-order valence-electron chi connectivity index (χ4n) is 4.98. The molecular formula is C23H12Cl7FN2O3. The number of alkyl halides is 4. The zero-order valence-electron chi connectivity index (χ0n) is 17.6. The molecule has 5 nitrogen and oxygen atoms in total. The van der Waals surface area contributed by atoms with Gasteiger partial charge in [-0.3, -0.25) is 14.4 Å². The number of amides is 3. The molecule has 1 aliphatic heterocycles.